The molecule has 2 aromatic carbocycles. The van der Waals surface area contributed by atoms with Gasteiger partial charge in [-0.1, -0.05) is 18.2 Å². The normalized spacial score (nSPS) is 20.9. The van der Waals surface area contributed by atoms with E-state index in [1.165, 1.54) is 0 Å². The van der Waals surface area contributed by atoms with Crippen LogP contribution in [-0.4, -0.2) is 74.2 Å². The van der Waals surface area contributed by atoms with Crippen molar-refractivity contribution in [2.24, 2.45) is 5.92 Å². The van der Waals surface area contributed by atoms with Gasteiger partial charge in [0.05, 0.1) is 25.7 Å². The molecule has 0 unspecified atom stereocenters. The number of aliphatic carboxylic acids is 1. The Kier molecular flexibility index (Phi) is 7.12. The fourth-order valence-electron chi connectivity index (χ4n) is 4.77. The number of carboxylic acids is 1. The average Bonchev–Trinajstić information content (AvgIpc) is 3.49. The summed E-state index contributed by atoms with van der Waals surface area (Å²) in [6.07, 6.45) is 0. The molecule has 9 nitrogen and oxygen atoms in total. The molecular weight excluding hydrogens is 440 g/mol. The second-order valence-corrected chi connectivity index (χ2v) is 8.31. The number of carbonyl (C=O) groups excluding carboxylic acids is 1. The van der Waals surface area contributed by atoms with Gasteiger partial charge in [-0.2, -0.15) is 0 Å². The van der Waals surface area contributed by atoms with Crippen molar-refractivity contribution in [1.82, 2.24) is 9.80 Å². The Morgan fingerprint density at radius 1 is 1.09 bits per heavy atom. The van der Waals surface area contributed by atoms with Crippen molar-refractivity contribution in [3.63, 3.8) is 0 Å². The number of ether oxygens (including phenoxy) is 4. The highest BCUT2D eigenvalue weighted by atomic mass is 16.7. The van der Waals surface area contributed by atoms with Crippen LogP contribution >= 0.6 is 0 Å². The summed E-state index contributed by atoms with van der Waals surface area (Å²) in [6, 6.07) is 11.8. The van der Waals surface area contributed by atoms with Crippen LogP contribution in [0.3, 0.4) is 0 Å². The molecule has 2 aliphatic rings. The average molecular weight is 471 g/mol. The number of urea groups is 1. The van der Waals surface area contributed by atoms with Crippen LogP contribution in [0.25, 0.3) is 0 Å². The lowest BCUT2D eigenvalue weighted by Crippen LogP contribution is -2.45. The number of rotatable bonds is 8. The number of carbonyl (C=O) groups is 2. The Labute approximate surface area is 198 Å². The minimum absolute atomic E-state index is 0.135. The molecule has 3 atom stereocenters. The zero-order chi connectivity index (χ0) is 24.2. The zero-order valence-corrected chi connectivity index (χ0v) is 19.6. The lowest BCUT2D eigenvalue weighted by atomic mass is 9.83. The topological polar surface area (TPSA) is 97.8 Å². The molecule has 1 saturated heterocycles. The highest BCUT2D eigenvalue weighted by molar-refractivity contribution is 5.80. The molecule has 1 fully saturated rings. The van der Waals surface area contributed by atoms with Crippen molar-refractivity contribution in [3.8, 4) is 17.2 Å². The van der Waals surface area contributed by atoms with E-state index in [-0.39, 0.29) is 19.4 Å². The van der Waals surface area contributed by atoms with E-state index in [2.05, 4.69) is 0 Å². The Morgan fingerprint density at radius 2 is 1.79 bits per heavy atom. The fraction of sp³-hybridized carbons (Fsp3) is 0.440. The zero-order valence-electron chi connectivity index (χ0n) is 19.6. The fourth-order valence-corrected chi connectivity index (χ4v) is 4.77. The molecule has 0 bridgehead atoms. The number of nitrogens with zero attached hydrogens (tertiary/aromatic N) is 2. The first-order valence-corrected chi connectivity index (χ1v) is 11.3. The van der Waals surface area contributed by atoms with E-state index in [4.69, 9.17) is 18.9 Å². The van der Waals surface area contributed by atoms with Crippen LogP contribution in [-0.2, 0) is 9.53 Å². The minimum atomic E-state index is -0.960. The minimum Gasteiger partial charge on any atom is -0.497 e. The predicted molar refractivity (Wildman–Crippen MR) is 123 cm³/mol. The van der Waals surface area contributed by atoms with Gasteiger partial charge < -0.3 is 33.9 Å². The molecular formula is C25H30N2O7. The number of likely N-dealkylation sites (N-methyl/N-ethyl adjacent to an activating group) is 1. The van der Waals surface area contributed by atoms with E-state index >= 15 is 0 Å². The van der Waals surface area contributed by atoms with Crippen LogP contribution in [0, 0.1) is 5.92 Å². The highest BCUT2D eigenvalue weighted by Gasteiger charge is 2.50. The lowest BCUT2D eigenvalue weighted by molar-refractivity contribution is -0.143. The third-order valence-electron chi connectivity index (χ3n) is 6.53. The first kappa shape index (κ1) is 23.7. The molecule has 2 aromatic rings. The van der Waals surface area contributed by atoms with E-state index in [0.717, 1.165) is 11.1 Å². The van der Waals surface area contributed by atoms with Crippen LogP contribution in [0.2, 0.25) is 0 Å². The third-order valence-corrected chi connectivity index (χ3v) is 6.53. The summed E-state index contributed by atoms with van der Waals surface area (Å²) in [6.45, 7) is 3.60. The quantitative estimate of drug-likeness (QED) is 0.632. The summed E-state index contributed by atoms with van der Waals surface area (Å²) < 4.78 is 21.4. The molecule has 34 heavy (non-hydrogen) atoms. The third kappa shape index (κ3) is 4.48. The number of likely N-dealkylation sites (tertiary alicyclic amines) is 1. The summed E-state index contributed by atoms with van der Waals surface area (Å²) >= 11 is 0. The number of benzene rings is 2. The number of amides is 2. The molecule has 0 spiro atoms. The Bertz CT molecular complexity index is 1030. The largest absolute Gasteiger partial charge is 0.497 e. The van der Waals surface area contributed by atoms with Crippen LogP contribution in [0.4, 0.5) is 4.79 Å². The van der Waals surface area contributed by atoms with Crippen molar-refractivity contribution >= 4 is 12.0 Å². The summed E-state index contributed by atoms with van der Waals surface area (Å²) in [5, 5.41) is 10.4. The maximum absolute atomic E-state index is 13.7. The molecule has 0 aromatic heterocycles. The van der Waals surface area contributed by atoms with Crippen molar-refractivity contribution in [3.05, 3.63) is 53.6 Å². The molecule has 2 aliphatic heterocycles. The van der Waals surface area contributed by atoms with Gasteiger partial charge in [0.15, 0.2) is 11.5 Å². The van der Waals surface area contributed by atoms with E-state index in [1.54, 1.807) is 42.2 Å². The monoisotopic (exact) mass is 470 g/mol. The second kappa shape index (κ2) is 10.2. The maximum Gasteiger partial charge on any atom is 0.320 e. The molecule has 1 N–H and O–H groups in total. The Morgan fingerprint density at radius 3 is 2.44 bits per heavy atom. The summed E-state index contributed by atoms with van der Waals surface area (Å²) in [4.78, 5) is 29.7. The van der Waals surface area contributed by atoms with Crippen LogP contribution in [0.5, 0.6) is 17.2 Å². The van der Waals surface area contributed by atoms with Gasteiger partial charge >= 0.3 is 12.0 Å². The van der Waals surface area contributed by atoms with Gasteiger partial charge in [-0.3, -0.25) is 4.79 Å². The molecule has 0 aliphatic carbocycles. The van der Waals surface area contributed by atoms with Gasteiger partial charge in [0.1, 0.15) is 5.75 Å². The van der Waals surface area contributed by atoms with Gasteiger partial charge in [0.2, 0.25) is 6.79 Å². The summed E-state index contributed by atoms with van der Waals surface area (Å²) in [5.41, 5.74) is 1.54. The van der Waals surface area contributed by atoms with E-state index in [0.29, 0.717) is 36.9 Å². The Hall–Kier alpha value is -3.46. The van der Waals surface area contributed by atoms with Gasteiger partial charge in [0, 0.05) is 32.7 Å². The molecule has 2 amide bonds. The van der Waals surface area contributed by atoms with Gasteiger partial charge in [-0.25, -0.2) is 4.79 Å². The highest BCUT2D eigenvalue weighted by Crippen LogP contribution is 2.48. The molecule has 2 heterocycles. The van der Waals surface area contributed by atoms with Crippen LogP contribution in [0.15, 0.2) is 42.5 Å². The molecule has 0 radical (unpaired) electrons. The number of hydrogen-bond donors (Lipinski definition) is 1. The van der Waals surface area contributed by atoms with Crippen LogP contribution < -0.4 is 14.2 Å². The maximum atomic E-state index is 13.7. The second-order valence-electron chi connectivity index (χ2n) is 8.31. The first-order valence-electron chi connectivity index (χ1n) is 11.3. The SMILES string of the molecule is CCN(CCOC)C(=O)N1C[C@H](c2ccc3c(c2)OCO3)[C@H](C(=O)O)[C@H]1c1ccc(OC)cc1. The Balaban J connectivity index is 1.75. The van der Waals surface area contributed by atoms with Crippen molar-refractivity contribution in [2.75, 3.05) is 47.3 Å². The smallest absolute Gasteiger partial charge is 0.320 e. The summed E-state index contributed by atoms with van der Waals surface area (Å²) in [7, 11) is 3.16. The van der Waals surface area contributed by atoms with Crippen LogP contribution in [0.1, 0.15) is 30.0 Å². The van der Waals surface area contributed by atoms with Gasteiger partial charge in [0.25, 0.3) is 0 Å². The van der Waals surface area contributed by atoms with E-state index < -0.39 is 23.8 Å². The van der Waals surface area contributed by atoms with Gasteiger partial charge in [-0.05, 0) is 42.3 Å². The van der Waals surface area contributed by atoms with Gasteiger partial charge in [-0.15, -0.1) is 0 Å². The molecule has 4 rings (SSSR count). The van der Waals surface area contributed by atoms with Crippen molar-refractivity contribution in [2.45, 2.75) is 18.9 Å². The molecule has 182 valence electrons. The van der Waals surface area contributed by atoms with Crippen molar-refractivity contribution in [1.29, 1.82) is 0 Å². The molecule has 9 heteroatoms. The number of hydrogen-bond acceptors (Lipinski definition) is 6. The first-order chi connectivity index (χ1) is 16.5. The van der Waals surface area contributed by atoms with E-state index in [9.17, 15) is 14.7 Å². The molecule has 0 saturated carbocycles. The van der Waals surface area contributed by atoms with Crippen molar-refractivity contribution < 1.29 is 33.6 Å². The lowest BCUT2D eigenvalue weighted by Gasteiger charge is -2.32. The number of carboxylic acid groups (broad SMARTS) is 1. The van der Waals surface area contributed by atoms with E-state index in [1.807, 2.05) is 31.2 Å². The number of methoxy groups -OCH3 is 2. The predicted octanol–water partition coefficient (Wildman–Crippen LogP) is 3.35. The summed E-state index contributed by atoms with van der Waals surface area (Å²) in [5.74, 6) is -0.358. The number of fused-ring (bicyclic) bond motifs is 1. The standard InChI is InChI=1S/C25H30N2O7/c1-4-26(11-12-31-2)25(30)27-14-19(17-7-10-20-21(13-17)34-15-33-20)22(24(28)29)23(27)16-5-8-18(32-3)9-6-16/h5-10,13,19,22-23H,4,11-12,14-15H2,1-3H3,(H,28,29)/t19-,22+,23-/m1/s1.